The zero-order chi connectivity index (χ0) is 76.8. The second-order valence-electron chi connectivity index (χ2n) is 24.8. The van der Waals surface area contributed by atoms with Gasteiger partial charge < -0.3 is 90.6 Å². The molecule has 6 fully saturated rings. The maximum absolute atomic E-state index is 14.9. The van der Waals surface area contributed by atoms with E-state index in [2.05, 4.69) is 101 Å². The Bertz CT molecular complexity index is 4480. The SMILES string of the molecule is CCN(CC)CC.CCN(CC)CC.C[C@@H]1[C@@H]2OP(=O)(O)OC[C@H]3O[C@@H](n4cnc5c(=O)[nH]c(N)nc54)[C@H](OP(=O)(O)OC[C@H]2O[C@H]1n1cc(F)c2c(N)ncnc21)[C@@H]3C.Nc1nc2c(ncn2[C@@H]2O[C@@H]3COP(=O)(O)O[C@H]4[C@@H](O)[C@H](n5cc(F)c6c(N)ncnc65)O[C@@H]4COP(=O)(O)O[C@@H]2[C@@H]3O)c(=O)[nH]1. The van der Waals surface area contributed by atoms with Gasteiger partial charge in [-0.15, -0.1) is 0 Å². The maximum atomic E-state index is 14.9. The van der Waals surface area contributed by atoms with Gasteiger partial charge in [0.25, 0.3) is 11.1 Å². The van der Waals surface area contributed by atoms with Gasteiger partial charge in [-0.05, 0) is 39.3 Å². The van der Waals surface area contributed by atoms with Crippen molar-refractivity contribution in [2.45, 2.75) is 141 Å². The van der Waals surface area contributed by atoms with E-state index in [0.29, 0.717) is 0 Å². The van der Waals surface area contributed by atoms with Crippen LogP contribution in [0.3, 0.4) is 0 Å². The van der Waals surface area contributed by atoms with Crippen molar-refractivity contribution in [1.29, 1.82) is 0 Å². The number of nitrogen functional groups attached to an aromatic ring is 4. The number of aliphatic hydroxyl groups is 2. The monoisotopic (exact) mass is 1580 g/mol. The van der Waals surface area contributed by atoms with Crippen LogP contribution in [-0.2, 0) is 73.4 Å². The van der Waals surface area contributed by atoms with Crippen LogP contribution in [0.5, 0.6) is 0 Å². The molecule has 16 N–H and O–H groups in total. The lowest BCUT2D eigenvalue weighted by Gasteiger charge is -2.26. The van der Waals surface area contributed by atoms with Crippen molar-refractivity contribution < 1.29 is 112 Å². The number of nitrogens with two attached hydrogens (primary N) is 4. The van der Waals surface area contributed by atoms with E-state index in [0.717, 1.165) is 40.5 Å². The minimum atomic E-state index is -5.17. The average molecular weight is 1580 g/mol. The number of rotatable bonds is 10. The van der Waals surface area contributed by atoms with Crippen LogP contribution in [0, 0.1) is 23.5 Å². The van der Waals surface area contributed by atoms with Gasteiger partial charge in [-0.3, -0.25) is 64.9 Å². The molecule has 0 spiro atoms. The van der Waals surface area contributed by atoms with Crippen molar-refractivity contribution in [3.05, 3.63) is 70.0 Å². The first-order valence-electron chi connectivity index (χ1n) is 33.2. The van der Waals surface area contributed by atoms with E-state index < -0.39 is 178 Å². The Morgan fingerprint density at radius 1 is 0.472 bits per heavy atom. The molecule has 14 heterocycles. The summed E-state index contributed by atoms with van der Waals surface area (Å²) in [7, 11) is -20.1. The Morgan fingerprint density at radius 3 is 1.29 bits per heavy atom. The summed E-state index contributed by atoms with van der Waals surface area (Å²) in [5.41, 5.74) is 21.1. The number of nitrogens with one attached hydrogen (secondary N) is 2. The Hall–Kier alpha value is -6.88. The summed E-state index contributed by atoms with van der Waals surface area (Å²) in [6, 6.07) is 0. The van der Waals surface area contributed by atoms with E-state index >= 15 is 0 Å². The molecule has 0 amide bonds. The van der Waals surface area contributed by atoms with Crippen LogP contribution in [-0.4, -0.2) is 234 Å². The topological polar surface area (TPSA) is 600 Å². The molecule has 44 nitrogen and oxygen atoms in total. The summed E-state index contributed by atoms with van der Waals surface area (Å²) in [4.78, 5) is 108. The molecule has 0 radical (unpaired) electrons. The smallest absolute Gasteiger partial charge is 0.387 e. The largest absolute Gasteiger partial charge is 0.472 e. The summed E-state index contributed by atoms with van der Waals surface area (Å²) in [5, 5.41) is 21.9. The zero-order valence-electron chi connectivity index (χ0n) is 57.9. The third kappa shape index (κ3) is 16.8. The van der Waals surface area contributed by atoms with Gasteiger partial charge in [0.05, 0.1) is 56.0 Å². The second-order valence-corrected chi connectivity index (χ2v) is 30.4. The second kappa shape index (κ2) is 32.4. The number of aromatic nitrogens is 14. The highest BCUT2D eigenvalue weighted by molar-refractivity contribution is 7.48. The third-order valence-corrected chi connectivity index (χ3v) is 22.4. The van der Waals surface area contributed by atoms with Crippen molar-refractivity contribution in [2.24, 2.45) is 11.8 Å². The molecule has 584 valence electrons. The van der Waals surface area contributed by atoms with Crippen LogP contribution in [0.4, 0.5) is 32.3 Å². The molecule has 0 aromatic carbocycles. The van der Waals surface area contributed by atoms with Crippen molar-refractivity contribution >= 4 is 99.2 Å². The molecular weight excluding hydrogens is 1500 g/mol. The van der Waals surface area contributed by atoms with E-state index in [9.17, 15) is 66.4 Å². The minimum Gasteiger partial charge on any atom is -0.387 e. The van der Waals surface area contributed by atoms with E-state index in [1.54, 1.807) is 13.8 Å². The molecule has 4 unspecified atom stereocenters. The maximum Gasteiger partial charge on any atom is 0.472 e. The molecule has 14 rings (SSSR count). The number of ether oxygens (including phenoxy) is 4. The van der Waals surface area contributed by atoms with Crippen LogP contribution in [0.15, 0.2) is 47.3 Å². The fourth-order valence-corrected chi connectivity index (χ4v) is 16.8. The first-order valence-corrected chi connectivity index (χ1v) is 39.2. The Morgan fingerprint density at radius 2 is 0.840 bits per heavy atom. The van der Waals surface area contributed by atoms with E-state index in [4.69, 9.17) is 78.1 Å². The molecule has 6 aliphatic rings. The number of imidazole rings is 2. The van der Waals surface area contributed by atoms with Crippen LogP contribution in [0.25, 0.3) is 44.4 Å². The lowest BCUT2D eigenvalue weighted by atomic mass is 10.0. The summed E-state index contributed by atoms with van der Waals surface area (Å²) in [5.74, 6) is -3.99. The van der Waals surface area contributed by atoms with Crippen molar-refractivity contribution in [2.75, 3.05) is 88.6 Å². The molecule has 20 atom stereocenters. The summed E-state index contributed by atoms with van der Waals surface area (Å²) in [6.45, 7) is 20.5. The first kappa shape index (κ1) is 80.1. The molecule has 4 bridgehead atoms. The fraction of sp³-hybridized carbons (Fsp3) is 0.607. The quantitative estimate of drug-likeness (QED) is 0.0872. The zero-order valence-corrected chi connectivity index (χ0v) is 61.5. The Balaban J connectivity index is 0.000000179. The summed E-state index contributed by atoms with van der Waals surface area (Å²) in [6.07, 6.45) is -14.0. The van der Waals surface area contributed by atoms with Gasteiger partial charge >= 0.3 is 31.3 Å². The molecular formula is C56H82F2N20O24P4. The van der Waals surface area contributed by atoms with E-state index in [-0.39, 0.29) is 67.9 Å². The molecule has 8 aromatic rings. The number of halogens is 2. The predicted octanol–water partition coefficient (Wildman–Crippen LogP) is 2.05. The van der Waals surface area contributed by atoms with Gasteiger partial charge in [-0.25, -0.2) is 56.9 Å². The van der Waals surface area contributed by atoms with Crippen LogP contribution < -0.4 is 34.1 Å². The highest BCUT2D eigenvalue weighted by Gasteiger charge is 2.56. The Labute approximate surface area is 598 Å². The number of phosphoric ester groups is 4. The van der Waals surface area contributed by atoms with Gasteiger partial charge in [0.2, 0.25) is 11.9 Å². The molecule has 106 heavy (non-hydrogen) atoms. The fourth-order valence-electron chi connectivity index (χ4n) is 12.8. The molecule has 50 heteroatoms. The number of hydrogen-bond acceptors (Lipinski definition) is 34. The lowest BCUT2D eigenvalue weighted by molar-refractivity contribution is -0.0672. The van der Waals surface area contributed by atoms with Crippen molar-refractivity contribution in [1.82, 2.24) is 77.9 Å². The number of H-pyrrole nitrogens is 2. The highest BCUT2D eigenvalue weighted by atomic mass is 31.2. The van der Waals surface area contributed by atoms with Gasteiger partial charge in [-0.2, -0.15) is 9.97 Å². The van der Waals surface area contributed by atoms with Crippen molar-refractivity contribution in [3.63, 3.8) is 0 Å². The Kier molecular flexibility index (Phi) is 24.5. The standard InChI is InChI=1S/C23H28FN9O11P2.C21H24FN9O13P2.2C6H15N/c1-8-11-4-39-45(35,36)43-15-9(2)21(32-3-10(24)13-17(25)27-6-28-18(13)32)42-12(15)5-40-46(37,38)44-16(8)22(41-11)33-7-29-14-19(33)30-23(26)31-20(14)34;22-6-1-30(16-9(6)15(23)25-4-26-16)19-12(33)13-8(42-19)3-40-46(37,38)44-14-11(32)7(2-39-45(35,36)43-13)41-20(14)31-5-27-10-17(31)28-21(24)29-18(10)34;2*1-4-7(5-2)6-3/h3,6-9,11-12,15-16,21-22H,4-5H2,1-2H3,(H,35,36)(H,37,38)(H2,25,27,28)(H3,26,30,31,34);1,4-5,7-8,11-14,19-20,32-33H,2-3H2,(H,35,36)(H,37,38)(H2,23,25,26)(H3,24,28,29,34);2*4-6H2,1-3H3/t8-,9-,11-,12-,15+,16-,21-,22-;7-,8-,11-,12-,13-,14-,19-,20-;;/m11../s1. The van der Waals surface area contributed by atoms with E-state index in [1.807, 2.05) is 0 Å². The van der Waals surface area contributed by atoms with E-state index in [1.165, 1.54) is 54.7 Å². The normalized spacial score (nSPS) is 33.6. The number of hydrogen-bond donors (Lipinski definition) is 12. The van der Waals surface area contributed by atoms with Gasteiger partial charge in [0.15, 0.2) is 63.9 Å². The highest BCUT2D eigenvalue weighted by Crippen LogP contribution is 2.57. The van der Waals surface area contributed by atoms with Crippen molar-refractivity contribution in [3.8, 4) is 0 Å². The number of nitrogens with zero attached hydrogens (tertiary/aromatic N) is 14. The number of aromatic amines is 2. The molecule has 6 aliphatic heterocycles. The molecule has 6 saturated heterocycles. The number of phosphoric acid groups is 4. The van der Waals surface area contributed by atoms with Crippen LogP contribution >= 0.6 is 31.3 Å². The number of fused-ring (bicyclic) bond motifs is 10. The average Bonchev–Trinajstić information content (AvgIpc) is 1.62. The number of anilines is 4. The van der Waals surface area contributed by atoms with Gasteiger partial charge in [0.1, 0.15) is 85.5 Å². The van der Waals surface area contributed by atoms with Gasteiger partial charge in [-0.1, -0.05) is 55.4 Å². The third-order valence-electron chi connectivity index (χ3n) is 18.5. The van der Waals surface area contributed by atoms with Crippen LogP contribution in [0.2, 0.25) is 0 Å². The van der Waals surface area contributed by atoms with Crippen LogP contribution in [0.1, 0.15) is 80.3 Å². The molecule has 0 aliphatic carbocycles. The molecule has 8 aromatic heterocycles. The number of aliphatic hydroxyl groups excluding tert-OH is 2. The lowest BCUT2D eigenvalue weighted by Crippen LogP contribution is -2.36. The first-order chi connectivity index (χ1) is 50.1. The summed E-state index contributed by atoms with van der Waals surface area (Å²) < 4.78 is 153. The molecule has 0 saturated carbocycles. The van der Waals surface area contributed by atoms with Gasteiger partial charge in [0, 0.05) is 24.2 Å². The summed E-state index contributed by atoms with van der Waals surface area (Å²) >= 11 is 0. The minimum absolute atomic E-state index is 0.0113. The predicted molar refractivity (Wildman–Crippen MR) is 364 cm³/mol.